The zero-order valence-electron chi connectivity index (χ0n) is 15.7. The zero-order chi connectivity index (χ0) is 19.6. The van der Waals surface area contributed by atoms with Crippen LogP contribution in [0.1, 0.15) is 11.3 Å². The topological polar surface area (TPSA) is 50.2 Å². The van der Waals surface area contributed by atoms with Crippen LogP contribution in [0.15, 0.2) is 102 Å². The summed E-state index contributed by atoms with van der Waals surface area (Å²) in [6, 6.07) is 31.8. The maximum atomic E-state index is 12.9. The van der Waals surface area contributed by atoms with Crippen LogP contribution in [-0.2, 0) is 6.42 Å². The lowest BCUT2D eigenvalue weighted by Crippen LogP contribution is -2.14. The number of hydrogen-bond donors (Lipinski definition) is 1. The number of fused-ring (bicyclic) bond motifs is 1. The Labute approximate surface area is 168 Å². The van der Waals surface area contributed by atoms with Crippen molar-refractivity contribution >= 4 is 5.65 Å². The highest BCUT2D eigenvalue weighted by Gasteiger charge is 2.18. The maximum Gasteiger partial charge on any atom is 0.274 e. The summed E-state index contributed by atoms with van der Waals surface area (Å²) in [5, 5.41) is 4.69. The molecule has 3 aromatic carbocycles. The number of nitrogens with one attached hydrogen (secondary N) is 1. The molecule has 2 heterocycles. The minimum Gasteiger partial charge on any atom is -0.339 e. The van der Waals surface area contributed by atoms with E-state index in [1.54, 1.807) is 6.07 Å². The first-order chi connectivity index (χ1) is 14.3. The summed E-state index contributed by atoms with van der Waals surface area (Å²) in [4.78, 5) is 16.4. The molecule has 0 radical (unpaired) electrons. The Bertz CT molecular complexity index is 1320. The average molecular weight is 377 g/mol. The summed E-state index contributed by atoms with van der Waals surface area (Å²) in [6.45, 7) is 0. The van der Waals surface area contributed by atoms with E-state index in [1.807, 2.05) is 66.7 Å². The molecule has 0 fully saturated rings. The molecular weight excluding hydrogens is 358 g/mol. The highest BCUT2D eigenvalue weighted by molar-refractivity contribution is 5.81. The number of nitrogens with zero attached hydrogens (tertiary/aromatic N) is 2. The van der Waals surface area contributed by atoms with Crippen LogP contribution in [0.2, 0.25) is 0 Å². The van der Waals surface area contributed by atoms with Crippen molar-refractivity contribution in [1.82, 2.24) is 14.6 Å². The Balaban J connectivity index is 1.76. The second kappa shape index (κ2) is 7.24. The molecule has 0 aliphatic rings. The van der Waals surface area contributed by atoms with Gasteiger partial charge in [0.05, 0.1) is 11.4 Å². The molecule has 4 nitrogen and oxygen atoms in total. The van der Waals surface area contributed by atoms with Crippen LogP contribution in [0.25, 0.3) is 28.0 Å². The fourth-order valence-corrected chi connectivity index (χ4v) is 3.68. The molecule has 29 heavy (non-hydrogen) atoms. The molecule has 1 N–H and O–H groups in total. The van der Waals surface area contributed by atoms with E-state index in [9.17, 15) is 4.79 Å². The van der Waals surface area contributed by atoms with Gasteiger partial charge in [-0.3, -0.25) is 4.79 Å². The van der Waals surface area contributed by atoms with E-state index in [2.05, 4.69) is 29.2 Å². The molecular formula is C25H19N3O. The molecule has 5 aromatic rings. The normalized spacial score (nSPS) is 11.0. The smallest absolute Gasteiger partial charge is 0.274 e. The third kappa shape index (κ3) is 3.25. The lowest BCUT2D eigenvalue weighted by Gasteiger charge is -2.06. The highest BCUT2D eigenvalue weighted by Crippen LogP contribution is 2.29. The summed E-state index contributed by atoms with van der Waals surface area (Å²) in [5.74, 6) is 0. The van der Waals surface area contributed by atoms with Crippen LogP contribution in [-0.4, -0.2) is 14.6 Å². The third-order valence-electron chi connectivity index (χ3n) is 5.05. The van der Waals surface area contributed by atoms with Crippen molar-refractivity contribution in [2.75, 3.05) is 0 Å². The van der Waals surface area contributed by atoms with Gasteiger partial charge in [0, 0.05) is 18.1 Å². The summed E-state index contributed by atoms with van der Waals surface area (Å²) >= 11 is 0. The first-order valence-electron chi connectivity index (χ1n) is 9.59. The van der Waals surface area contributed by atoms with Gasteiger partial charge in [0.1, 0.15) is 5.65 Å². The van der Waals surface area contributed by atoms with E-state index >= 15 is 0 Å². The minimum absolute atomic E-state index is 0.144. The van der Waals surface area contributed by atoms with Crippen molar-refractivity contribution in [1.29, 1.82) is 0 Å². The monoisotopic (exact) mass is 377 g/mol. The first-order valence-corrected chi connectivity index (χ1v) is 9.59. The highest BCUT2D eigenvalue weighted by atomic mass is 16.1. The first kappa shape index (κ1) is 17.2. The van der Waals surface area contributed by atoms with Crippen molar-refractivity contribution in [3.05, 3.63) is 119 Å². The SMILES string of the molecule is O=c1cc(-c2ccccc2)[nH]c2c(-c3ccccc3)c(Cc3ccccc3)nn12. The van der Waals surface area contributed by atoms with Gasteiger partial charge < -0.3 is 4.98 Å². The van der Waals surface area contributed by atoms with Crippen LogP contribution in [0.3, 0.4) is 0 Å². The predicted octanol–water partition coefficient (Wildman–Crippen LogP) is 4.95. The van der Waals surface area contributed by atoms with E-state index in [1.165, 1.54) is 4.52 Å². The standard InChI is InChI=1S/C25H19N3O/c29-23-17-21(19-12-6-2-7-13-19)26-25-24(20-14-8-3-9-15-20)22(27-28(23)25)16-18-10-4-1-5-11-18/h1-15,17,26H,16H2. The molecule has 5 rings (SSSR count). The van der Waals surface area contributed by atoms with E-state index < -0.39 is 0 Å². The quantitative estimate of drug-likeness (QED) is 0.482. The average Bonchev–Trinajstić information content (AvgIpc) is 3.14. The predicted molar refractivity (Wildman–Crippen MR) is 116 cm³/mol. The Morgan fingerprint density at radius 2 is 1.34 bits per heavy atom. The van der Waals surface area contributed by atoms with Gasteiger partial charge in [0.15, 0.2) is 0 Å². The fraction of sp³-hybridized carbons (Fsp3) is 0.0400. The number of benzene rings is 3. The molecule has 0 aliphatic carbocycles. The van der Waals surface area contributed by atoms with Gasteiger partial charge in [-0.2, -0.15) is 9.61 Å². The molecule has 0 unspecified atom stereocenters. The van der Waals surface area contributed by atoms with Gasteiger partial charge in [0.2, 0.25) is 0 Å². The van der Waals surface area contributed by atoms with Crippen LogP contribution in [0.5, 0.6) is 0 Å². The minimum atomic E-state index is -0.144. The molecule has 0 saturated carbocycles. The molecule has 0 bridgehead atoms. The largest absolute Gasteiger partial charge is 0.339 e. The second-order valence-corrected chi connectivity index (χ2v) is 7.00. The number of rotatable bonds is 4. The van der Waals surface area contributed by atoms with Gasteiger partial charge >= 0.3 is 0 Å². The number of hydrogen-bond acceptors (Lipinski definition) is 2. The van der Waals surface area contributed by atoms with Gasteiger partial charge in [-0.15, -0.1) is 0 Å². The van der Waals surface area contributed by atoms with Crippen LogP contribution in [0, 0.1) is 0 Å². The van der Waals surface area contributed by atoms with Gasteiger partial charge in [-0.1, -0.05) is 91.0 Å². The molecule has 4 heteroatoms. The summed E-state index contributed by atoms with van der Waals surface area (Å²) < 4.78 is 1.48. The van der Waals surface area contributed by atoms with E-state index in [4.69, 9.17) is 5.10 Å². The molecule has 2 aromatic heterocycles. The lowest BCUT2D eigenvalue weighted by atomic mass is 10.0. The number of aromatic nitrogens is 3. The molecule has 0 atom stereocenters. The van der Waals surface area contributed by atoms with Crippen LogP contribution >= 0.6 is 0 Å². The summed E-state index contributed by atoms with van der Waals surface area (Å²) in [7, 11) is 0. The van der Waals surface area contributed by atoms with Crippen molar-refractivity contribution in [3.8, 4) is 22.4 Å². The van der Waals surface area contributed by atoms with Crippen LogP contribution in [0.4, 0.5) is 0 Å². The Kier molecular flexibility index (Phi) is 4.30. The zero-order valence-corrected chi connectivity index (χ0v) is 15.7. The molecule has 0 saturated heterocycles. The fourth-order valence-electron chi connectivity index (χ4n) is 3.68. The number of H-pyrrole nitrogens is 1. The van der Waals surface area contributed by atoms with Gasteiger partial charge in [0.25, 0.3) is 5.56 Å². The Hall–Kier alpha value is -3.92. The lowest BCUT2D eigenvalue weighted by molar-refractivity contribution is 0.866. The summed E-state index contributed by atoms with van der Waals surface area (Å²) in [5.41, 5.74) is 6.36. The van der Waals surface area contributed by atoms with E-state index in [0.29, 0.717) is 12.1 Å². The third-order valence-corrected chi connectivity index (χ3v) is 5.05. The molecule has 140 valence electrons. The molecule has 0 aliphatic heterocycles. The summed E-state index contributed by atoms with van der Waals surface area (Å²) in [6.07, 6.45) is 0.653. The van der Waals surface area contributed by atoms with Crippen molar-refractivity contribution < 1.29 is 0 Å². The van der Waals surface area contributed by atoms with Crippen LogP contribution < -0.4 is 5.56 Å². The number of aromatic amines is 1. The van der Waals surface area contributed by atoms with E-state index in [-0.39, 0.29) is 5.56 Å². The Morgan fingerprint density at radius 3 is 2.00 bits per heavy atom. The second-order valence-electron chi connectivity index (χ2n) is 7.00. The molecule has 0 spiro atoms. The van der Waals surface area contributed by atoms with Gasteiger partial charge in [-0.05, 0) is 16.7 Å². The van der Waals surface area contributed by atoms with Crippen molar-refractivity contribution in [2.24, 2.45) is 0 Å². The van der Waals surface area contributed by atoms with Gasteiger partial charge in [-0.25, -0.2) is 0 Å². The van der Waals surface area contributed by atoms with Crippen molar-refractivity contribution in [2.45, 2.75) is 6.42 Å². The maximum absolute atomic E-state index is 12.9. The molecule has 0 amide bonds. The van der Waals surface area contributed by atoms with E-state index in [0.717, 1.165) is 33.6 Å². The Morgan fingerprint density at radius 1 is 0.759 bits per heavy atom. The van der Waals surface area contributed by atoms with Crippen molar-refractivity contribution in [3.63, 3.8) is 0 Å².